The number of hydrogen-bond donors (Lipinski definition) is 1. The Labute approximate surface area is 131 Å². The minimum absolute atomic E-state index is 0.231. The Morgan fingerprint density at radius 3 is 2.75 bits per heavy atom. The fraction of sp³-hybridized carbons (Fsp3) is 0.571. The predicted molar refractivity (Wildman–Crippen MR) is 88.6 cm³/mol. The highest BCUT2D eigenvalue weighted by molar-refractivity contribution is 7.99. The van der Waals surface area contributed by atoms with E-state index < -0.39 is 9.84 Å². The summed E-state index contributed by atoms with van der Waals surface area (Å²) in [4.78, 5) is 1.14. The lowest BCUT2D eigenvalue weighted by molar-refractivity contribution is 0.554. The fourth-order valence-corrected chi connectivity index (χ4v) is 4.02. The van der Waals surface area contributed by atoms with E-state index in [9.17, 15) is 8.42 Å². The second-order valence-electron chi connectivity index (χ2n) is 4.63. The number of hydrogen-bond acceptors (Lipinski definition) is 4. The number of benzene rings is 1. The number of thioether (sulfide) groups is 1. The van der Waals surface area contributed by atoms with Gasteiger partial charge in [-0.25, -0.2) is 8.42 Å². The first-order valence-electron chi connectivity index (χ1n) is 6.73. The van der Waals surface area contributed by atoms with Gasteiger partial charge in [-0.1, -0.05) is 24.6 Å². The van der Waals surface area contributed by atoms with Crippen molar-refractivity contribution in [2.45, 2.75) is 30.7 Å². The minimum Gasteiger partial charge on any atom is -0.316 e. The van der Waals surface area contributed by atoms with Crippen LogP contribution in [0.2, 0.25) is 5.02 Å². The van der Waals surface area contributed by atoms with Crippen molar-refractivity contribution >= 4 is 33.2 Å². The molecule has 1 N–H and O–H groups in total. The Morgan fingerprint density at radius 2 is 2.15 bits per heavy atom. The molecule has 0 saturated carbocycles. The van der Waals surface area contributed by atoms with E-state index in [2.05, 4.69) is 5.32 Å². The van der Waals surface area contributed by atoms with Gasteiger partial charge in [0.25, 0.3) is 0 Å². The van der Waals surface area contributed by atoms with Crippen molar-refractivity contribution in [3.05, 3.63) is 29.3 Å². The summed E-state index contributed by atoms with van der Waals surface area (Å²) in [5.74, 6) is 1.42. The summed E-state index contributed by atoms with van der Waals surface area (Å²) in [7, 11) is -0.934. The van der Waals surface area contributed by atoms with Crippen molar-refractivity contribution in [3.63, 3.8) is 0 Å². The molecule has 0 amide bonds. The standard InChI is InChI=1S/C14H22ClNO2S2/c1-3-20(17,18)9-5-7-13(16-2)11-19-14-8-4-6-12(15)10-14/h4,6,8,10,13,16H,3,5,7,9,11H2,1-2H3. The molecule has 0 aliphatic heterocycles. The van der Waals surface area contributed by atoms with Gasteiger partial charge in [0, 0.05) is 27.5 Å². The summed E-state index contributed by atoms with van der Waals surface area (Å²) in [6, 6.07) is 8.08. The summed E-state index contributed by atoms with van der Waals surface area (Å²) in [6.07, 6.45) is 1.57. The molecule has 0 aliphatic rings. The van der Waals surface area contributed by atoms with Gasteiger partial charge in [0.15, 0.2) is 0 Å². The topological polar surface area (TPSA) is 46.2 Å². The molecule has 0 heterocycles. The summed E-state index contributed by atoms with van der Waals surface area (Å²) in [5.41, 5.74) is 0. The van der Waals surface area contributed by atoms with Crippen molar-refractivity contribution in [2.24, 2.45) is 0 Å². The van der Waals surface area contributed by atoms with Crippen LogP contribution in [0.15, 0.2) is 29.2 Å². The number of halogens is 1. The van der Waals surface area contributed by atoms with E-state index in [1.54, 1.807) is 18.7 Å². The molecule has 0 aromatic heterocycles. The average molecular weight is 336 g/mol. The maximum Gasteiger partial charge on any atom is 0.150 e. The van der Waals surface area contributed by atoms with E-state index in [1.165, 1.54) is 0 Å². The summed E-state index contributed by atoms with van der Waals surface area (Å²) in [6.45, 7) is 1.69. The summed E-state index contributed by atoms with van der Waals surface area (Å²) in [5, 5.41) is 3.98. The van der Waals surface area contributed by atoms with Crippen LogP contribution in [0.1, 0.15) is 19.8 Å². The molecule has 0 aliphatic carbocycles. The zero-order valence-electron chi connectivity index (χ0n) is 11.9. The Balaban J connectivity index is 2.36. The van der Waals surface area contributed by atoms with Crippen molar-refractivity contribution in [3.8, 4) is 0 Å². The third-order valence-corrected chi connectivity index (χ3v) is 6.29. The molecular weight excluding hydrogens is 314 g/mol. The molecule has 1 aromatic carbocycles. The summed E-state index contributed by atoms with van der Waals surface area (Å²) < 4.78 is 22.9. The molecule has 1 rings (SSSR count). The van der Waals surface area contributed by atoms with E-state index in [-0.39, 0.29) is 11.5 Å². The van der Waals surface area contributed by atoms with Crippen molar-refractivity contribution in [1.82, 2.24) is 5.32 Å². The van der Waals surface area contributed by atoms with Crippen LogP contribution in [0.25, 0.3) is 0 Å². The number of sulfone groups is 1. The van der Waals surface area contributed by atoms with E-state index in [0.717, 1.165) is 22.1 Å². The predicted octanol–water partition coefficient (Wildman–Crippen LogP) is 3.24. The maximum absolute atomic E-state index is 11.4. The van der Waals surface area contributed by atoms with Crippen LogP contribution in [0.4, 0.5) is 0 Å². The first-order valence-corrected chi connectivity index (χ1v) is 9.91. The molecule has 3 nitrogen and oxygen atoms in total. The van der Waals surface area contributed by atoms with Crippen LogP contribution in [-0.2, 0) is 9.84 Å². The third-order valence-electron chi connectivity index (χ3n) is 3.10. The molecule has 1 atom stereocenters. The monoisotopic (exact) mass is 335 g/mol. The van der Waals surface area contributed by atoms with Gasteiger partial charge in [-0.2, -0.15) is 0 Å². The average Bonchev–Trinajstić information content (AvgIpc) is 2.42. The van der Waals surface area contributed by atoms with E-state index in [1.807, 2.05) is 31.3 Å². The smallest absolute Gasteiger partial charge is 0.150 e. The molecule has 0 saturated heterocycles. The second kappa shape index (κ2) is 8.93. The highest BCUT2D eigenvalue weighted by atomic mass is 35.5. The Bertz CT molecular complexity index is 506. The van der Waals surface area contributed by atoms with Gasteiger partial charge in [0.05, 0.1) is 5.75 Å². The Morgan fingerprint density at radius 1 is 1.40 bits per heavy atom. The first kappa shape index (κ1) is 17.8. The lowest BCUT2D eigenvalue weighted by Crippen LogP contribution is -2.28. The van der Waals surface area contributed by atoms with Gasteiger partial charge < -0.3 is 5.32 Å². The van der Waals surface area contributed by atoms with Crippen molar-refractivity contribution < 1.29 is 8.42 Å². The molecule has 6 heteroatoms. The third kappa shape index (κ3) is 6.97. The molecule has 1 aromatic rings. The van der Waals surface area contributed by atoms with Gasteiger partial charge in [0.1, 0.15) is 9.84 Å². The molecular formula is C14H22ClNO2S2. The van der Waals surface area contributed by atoms with Gasteiger partial charge in [-0.05, 0) is 38.1 Å². The van der Waals surface area contributed by atoms with Gasteiger partial charge in [0.2, 0.25) is 0 Å². The molecule has 20 heavy (non-hydrogen) atoms. The van der Waals surface area contributed by atoms with E-state index >= 15 is 0 Å². The van der Waals surface area contributed by atoms with Crippen molar-refractivity contribution in [1.29, 1.82) is 0 Å². The maximum atomic E-state index is 11.4. The van der Waals surface area contributed by atoms with Crippen LogP contribution in [-0.4, -0.2) is 38.8 Å². The lowest BCUT2D eigenvalue weighted by atomic mass is 10.2. The van der Waals surface area contributed by atoms with Crippen LogP contribution >= 0.6 is 23.4 Å². The molecule has 0 bridgehead atoms. The quantitative estimate of drug-likeness (QED) is 0.704. The zero-order valence-corrected chi connectivity index (χ0v) is 14.3. The van der Waals surface area contributed by atoms with Crippen LogP contribution in [0.3, 0.4) is 0 Å². The largest absolute Gasteiger partial charge is 0.316 e. The Kier molecular flexibility index (Phi) is 7.95. The fourth-order valence-electron chi connectivity index (χ4n) is 1.76. The van der Waals surface area contributed by atoms with Crippen LogP contribution in [0, 0.1) is 0 Å². The zero-order chi connectivity index (χ0) is 15.0. The number of rotatable bonds is 9. The molecule has 114 valence electrons. The lowest BCUT2D eigenvalue weighted by Gasteiger charge is -2.15. The second-order valence-corrected chi connectivity index (χ2v) is 8.64. The van der Waals surface area contributed by atoms with Gasteiger partial charge in [-0.15, -0.1) is 11.8 Å². The Hall–Kier alpha value is -0.230. The van der Waals surface area contributed by atoms with Crippen molar-refractivity contribution in [2.75, 3.05) is 24.3 Å². The van der Waals surface area contributed by atoms with Gasteiger partial charge >= 0.3 is 0 Å². The SMILES string of the molecule is CCS(=O)(=O)CCCC(CSc1cccc(Cl)c1)NC. The number of nitrogens with one attached hydrogen (secondary N) is 1. The van der Waals surface area contributed by atoms with E-state index in [0.29, 0.717) is 12.5 Å². The van der Waals surface area contributed by atoms with E-state index in [4.69, 9.17) is 11.6 Å². The van der Waals surface area contributed by atoms with Crippen LogP contribution in [0.5, 0.6) is 0 Å². The highest BCUT2D eigenvalue weighted by Gasteiger charge is 2.11. The van der Waals surface area contributed by atoms with Crippen LogP contribution < -0.4 is 5.32 Å². The normalized spacial score (nSPS) is 13.3. The highest BCUT2D eigenvalue weighted by Crippen LogP contribution is 2.23. The molecule has 0 radical (unpaired) electrons. The molecule has 1 unspecified atom stereocenters. The molecule has 0 fully saturated rings. The van der Waals surface area contributed by atoms with Gasteiger partial charge in [-0.3, -0.25) is 0 Å². The minimum atomic E-state index is -2.85. The summed E-state index contributed by atoms with van der Waals surface area (Å²) >= 11 is 7.68. The first-order chi connectivity index (χ1) is 9.46. The molecule has 0 spiro atoms.